The van der Waals surface area contributed by atoms with Crippen molar-refractivity contribution >= 4 is 17.5 Å². The number of anilines is 1. The van der Waals surface area contributed by atoms with Crippen LogP contribution in [0, 0.1) is 23.5 Å². The molecule has 1 heterocycles. The predicted octanol–water partition coefficient (Wildman–Crippen LogP) is 1.11. The quantitative estimate of drug-likeness (QED) is 0.731. The molecule has 2 amide bonds. The van der Waals surface area contributed by atoms with E-state index in [2.05, 4.69) is 10.6 Å². The molecule has 1 aromatic carbocycles. The summed E-state index contributed by atoms with van der Waals surface area (Å²) in [6.07, 6.45) is 6.42. The van der Waals surface area contributed by atoms with Gasteiger partial charge in [-0.25, -0.2) is 8.78 Å². The molecular weight excluding hydrogens is 340 g/mol. The summed E-state index contributed by atoms with van der Waals surface area (Å²) in [4.78, 5) is 25.2. The number of rotatable bonds is 5. The SMILES string of the molecule is O=C(C[NH+]1CC[C@@H]2CCCC[C@@H]2C1)NCC(=O)Nc1ccc(F)c(F)c1. The Bertz CT molecular complexity index is 668. The third kappa shape index (κ3) is 5.00. The standard InChI is InChI=1S/C19H25F2N3O2/c20-16-6-5-15(9-17(16)21)23-18(25)10-22-19(26)12-24-8-7-13-3-1-2-4-14(13)11-24/h5-6,9,13-14H,1-4,7-8,10-12H2,(H,22,26)(H,23,25)/p+1/t13-,14+/m0/s1. The first-order valence-electron chi connectivity index (χ1n) is 9.36. The molecule has 2 aliphatic rings. The van der Waals surface area contributed by atoms with E-state index in [0.717, 1.165) is 37.1 Å². The van der Waals surface area contributed by atoms with E-state index in [4.69, 9.17) is 0 Å². The van der Waals surface area contributed by atoms with E-state index in [1.54, 1.807) is 0 Å². The average Bonchev–Trinajstić information content (AvgIpc) is 2.63. The number of fused-ring (bicyclic) bond motifs is 1. The summed E-state index contributed by atoms with van der Waals surface area (Å²) in [5, 5.41) is 5.05. The fourth-order valence-corrected chi connectivity index (χ4v) is 4.20. The zero-order valence-electron chi connectivity index (χ0n) is 14.8. The molecule has 0 aromatic heterocycles. The van der Waals surface area contributed by atoms with E-state index in [0.29, 0.717) is 6.54 Å². The van der Waals surface area contributed by atoms with Gasteiger partial charge in [-0.1, -0.05) is 12.8 Å². The van der Waals surface area contributed by atoms with Crippen molar-refractivity contribution in [3.05, 3.63) is 29.8 Å². The zero-order chi connectivity index (χ0) is 18.5. The number of quaternary nitrogens is 1. The van der Waals surface area contributed by atoms with Gasteiger partial charge in [0.2, 0.25) is 5.91 Å². The molecule has 3 rings (SSSR count). The third-order valence-corrected chi connectivity index (χ3v) is 5.55. The molecule has 2 fully saturated rings. The maximum atomic E-state index is 13.1. The molecule has 1 saturated heterocycles. The molecular formula is C19H26F2N3O2+. The zero-order valence-corrected chi connectivity index (χ0v) is 14.8. The summed E-state index contributed by atoms with van der Waals surface area (Å²) in [7, 11) is 0. The van der Waals surface area contributed by atoms with Crippen LogP contribution in [0.25, 0.3) is 0 Å². The van der Waals surface area contributed by atoms with Crippen LogP contribution in [0.15, 0.2) is 18.2 Å². The molecule has 3 atom stereocenters. The van der Waals surface area contributed by atoms with E-state index in [1.807, 2.05) is 0 Å². The average molecular weight is 366 g/mol. The number of hydrogen-bond acceptors (Lipinski definition) is 2. The number of carbonyl (C=O) groups is 2. The van der Waals surface area contributed by atoms with Crippen molar-refractivity contribution in [3.8, 4) is 0 Å². The van der Waals surface area contributed by atoms with Gasteiger partial charge in [-0.3, -0.25) is 9.59 Å². The number of likely N-dealkylation sites (tertiary alicyclic amines) is 1. The van der Waals surface area contributed by atoms with Crippen molar-refractivity contribution in [1.82, 2.24) is 5.32 Å². The van der Waals surface area contributed by atoms with Gasteiger partial charge >= 0.3 is 0 Å². The van der Waals surface area contributed by atoms with Gasteiger partial charge in [-0.05, 0) is 37.3 Å². The van der Waals surface area contributed by atoms with Crippen LogP contribution in [0.4, 0.5) is 14.5 Å². The molecule has 26 heavy (non-hydrogen) atoms. The van der Waals surface area contributed by atoms with Crippen molar-refractivity contribution in [3.63, 3.8) is 0 Å². The molecule has 0 spiro atoms. The van der Waals surface area contributed by atoms with Gasteiger partial charge in [0.15, 0.2) is 18.2 Å². The van der Waals surface area contributed by atoms with E-state index < -0.39 is 17.5 Å². The van der Waals surface area contributed by atoms with Gasteiger partial charge in [-0.15, -0.1) is 0 Å². The fourth-order valence-electron chi connectivity index (χ4n) is 4.20. The van der Waals surface area contributed by atoms with Gasteiger partial charge in [0, 0.05) is 17.7 Å². The first-order valence-corrected chi connectivity index (χ1v) is 9.36. The van der Waals surface area contributed by atoms with Gasteiger partial charge in [-0.2, -0.15) is 0 Å². The number of nitrogens with one attached hydrogen (secondary N) is 3. The summed E-state index contributed by atoms with van der Waals surface area (Å²) < 4.78 is 26.0. The minimum absolute atomic E-state index is 0.158. The Hall–Kier alpha value is -2.02. The largest absolute Gasteiger partial charge is 0.342 e. The molecule has 5 nitrogen and oxygen atoms in total. The first kappa shape index (κ1) is 18.8. The van der Waals surface area contributed by atoms with Gasteiger partial charge in [0.25, 0.3) is 5.91 Å². The highest BCUT2D eigenvalue weighted by atomic mass is 19.2. The minimum atomic E-state index is -1.03. The van der Waals surface area contributed by atoms with Crippen LogP contribution in [0.1, 0.15) is 32.1 Å². The molecule has 1 saturated carbocycles. The molecule has 0 radical (unpaired) electrons. The molecule has 1 aliphatic heterocycles. The fraction of sp³-hybridized carbons (Fsp3) is 0.579. The Labute approximate surface area is 152 Å². The lowest BCUT2D eigenvalue weighted by molar-refractivity contribution is -0.902. The second-order valence-electron chi connectivity index (χ2n) is 7.43. The maximum Gasteiger partial charge on any atom is 0.275 e. The molecule has 3 N–H and O–H groups in total. The Balaban J connectivity index is 1.39. The van der Waals surface area contributed by atoms with Crippen molar-refractivity contribution in [2.45, 2.75) is 32.1 Å². The van der Waals surface area contributed by atoms with E-state index in [-0.39, 0.29) is 18.1 Å². The second kappa shape index (κ2) is 8.58. The molecule has 1 aromatic rings. The summed E-state index contributed by atoms with van der Waals surface area (Å²) in [5.74, 6) is -1.06. The Morgan fingerprint density at radius 1 is 1.04 bits per heavy atom. The Morgan fingerprint density at radius 3 is 2.58 bits per heavy atom. The van der Waals surface area contributed by atoms with Crippen molar-refractivity contribution in [1.29, 1.82) is 0 Å². The summed E-state index contributed by atoms with van der Waals surface area (Å²) >= 11 is 0. The summed E-state index contributed by atoms with van der Waals surface area (Å²) in [5.41, 5.74) is 0.160. The van der Waals surface area contributed by atoms with Crippen LogP contribution in [0.3, 0.4) is 0 Å². The topological polar surface area (TPSA) is 62.6 Å². The normalized spacial score (nSPS) is 25.2. The van der Waals surface area contributed by atoms with Crippen LogP contribution < -0.4 is 15.5 Å². The van der Waals surface area contributed by atoms with Crippen LogP contribution in [-0.2, 0) is 9.59 Å². The lowest BCUT2D eigenvalue weighted by Crippen LogP contribution is -3.15. The van der Waals surface area contributed by atoms with Crippen LogP contribution in [0.5, 0.6) is 0 Å². The van der Waals surface area contributed by atoms with Crippen molar-refractivity contribution in [2.75, 3.05) is 31.5 Å². The molecule has 1 unspecified atom stereocenters. The highest BCUT2D eigenvalue weighted by Gasteiger charge is 2.34. The summed E-state index contributed by atoms with van der Waals surface area (Å²) in [6, 6.07) is 3.13. The van der Waals surface area contributed by atoms with E-state index >= 15 is 0 Å². The Morgan fingerprint density at radius 2 is 1.81 bits per heavy atom. The minimum Gasteiger partial charge on any atom is -0.342 e. The molecule has 7 heteroatoms. The third-order valence-electron chi connectivity index (χ3n) is 5.55. The maximum absolute atomic E-state index is 13.1. The van der Waals surface area contributed by atoms with Crippen LogP contribution in [-0.4, -0.2) is 38.0 Å². The van der Waals surface area contributed by atoms with Crippen molar-refractivity contribution < 1.29 is 23.3 Å². The highest BCUT2D eigenvalue weighted by Crippen LogP contribution is 2.32. The number of piperidine rings is 1. The monoisotopic (exact) mass is 366 g/mol. The number of carbonyl (C=O) groups excluding carboxylic acids is 2. The first-order chi connectivity index (χ1) is 12.5. The molecule has 0 bridgehead atoms. The molecule has 1 aliphatic carbocycles. The second-order valence-corrected chi connectivity index (χ2v) is 7.43. The highest BCUT2D eigenvalue weighted by molar-refractivity contribution is 5.94. The molecule has 142 valence electrons. The van der Waals surface area contributed by atoms with E-state index in [1.165, 1.54) is 43.1 Å². The predicted molar refractivity (Wildman–Crippen MR) is 93.6 cm³/mol. The van der Waals surface area contributed by atoms with Crippen LogP contribution >= 0.6 is 0 Å². The lowest BCUT2D eigenvalue weighted by Gasteiger charge is -2.38. The van der Waals surface area contributed by atoms with Gasteiger partial charge in [0.05, 0.1) is 19.6 Å². The number of amides is 2. The number of hydrogen-bond donors (Lipinski definition) is 3. The van der Waals surface area contributed by atoms with Gasteiger partial charge < -0.3 is 15.5 Å². The number of halogens is 2. The van der Waals surface area contributed by atoms with Crippen LogP contribution in [0.2, 0.25) is 0 Å². The number of benzene rings is 1. The Kier molecular flexibility index (Phi) is 6.19. The lowest BCUT2D eigenvalue weighted by atomic mass is 9.75. The smallest absolute Gasteiger partial charge is 0.275 e. The summed E-state index contributed by atoms with van der Waals surface area (Å²) in [6.45, 7) is 2.24. The van der Waals surface area contributed by atoms with Gasteiger partial charge in [0.1, 0.15) is 0 Å². The van der Waals surface area contributed by atoms with E-state index in [9.17, 15) is 18.4 Å². The van der Waals surface area contributed by atoms with Crippen molar-refractivity contribution in [2.24, 2.45) is 11.8 Å².